The zero-order valence-electron chi connectivity index (χ0n) is 15.0. The average molecular weight is 373 g/mol. The molecule has 5 nitrogen and oxygen atoms in total. The van der Waals surface area contributed by atoms with Crippen LogP contribution in [0.1, 0.15) is 32.3 Å². The quantitative estimate of drug-likeness (QED) is 0.651. The number of hydrogen-bond acceptors (Lipinski definition) is 3. The minimum absolute atomic E-state index is 0.0723. The van der Waals surface area contributed by atoms with Gasteiger partial charge in [-0.15, -0.1) is 0 Å². The van der Waals surface area contributed by atoms with Crippen molar-refractivity contribution in [3.05, 3.63) is 35.4 Å². The van der Waals surface area contributed by atoms with E-state index in [1.54, 1.807) is 20.9 Å². The Balaban J connectivity index is 2.03. The third-order valence-corrected chi connectivity index (χ3v) is 7.15. The van der Waals surface area contributed by atoms with Crippen molar-refractivity contribution in [1.29, 1.82) is 0 Å². The summed E-state index contributed by atoms with van der Waals surface area (Å²) in [5, 5.41) is 3.17. The number of benzene rings is 1. The molecular weight excluding hydrogens is 348 g/mol. The maximum atomic E-state index is 13.9. The highest BCUT2D eigenvalue weighted by Crippen LogP contribution is 2.24. The van der Waals surface area contributed by atoms with Crippen molar-refractivity contribution in [2.45, 2.75) is 31.4 Å². The van der Waals surface area contributed by atoms with E-state index in [0.29, 0.717) is 31.2 Å². The summed E-state index contributed by atoms with van der Waals surface area (Å²) in [5.74, 6) is -0.720. The van der Waals surface area contributed by atoms with Crippen LogP contribution in [0.4, 0.5) is 8.78 Å². The lowest BCUT2D eigenvalue weighted by Gasteiger charge is -2.39. The number of guanidine groups is 1. The van der Waals surface area contributed by atoms with Gasteiger partial charge in [0.15, 0.2) is 15.8 Å². The fraction of sp³-hybridized carbons (Fsp3) is 0.588. The first-order chi connectivity index (χ1) is 11.6. The first kappa shape index (κ1) is 19.6. The average Bonchev–Trinajstić information content (AvgIpc) is 2.51. The first-order valence-electron chi connectivity index (χ1n) is 8.20. The number of rotatable bonds is 3. The van der Waals surface area contributed by atoms with Crippen LogP contribution >= 0.6 is 0 Å². The second-order valence-electron chi connectivity index (χ2n) is 7.00. The molecule has 1 N–H and O–H groups in total. The second kappa shape index (κ2) is 7.27. The lowest BCUT2D eigenvalue weighted by molar-refractivity contribution is 0.352. The second-order valence-corrected chi connectivity index (χ2v) is 9.74. The Bertz CT molecular complexity index is 763. The van der Waals surface area contributed by atoms with Crippen molar-refractivity contribution < 1.29 is 17.2 Å². The Morgan fingerprint density at radius 3 is 2.64 bits per heavy atom. The molecule has 0 spiro atoms. The predicted octanol–water partition coefficient (Wildman–Crippen LogP) is 2.15. The zero-order chi connectivity index (χ0) is 18.8. The molecule has 1 aliphatic rings. The molecule has 0 amide bonds. The molecule has 1 heterocycles. The van der Waals surface area contributed by atoms with E-state index in [4.69, 9.17) is 0 Å². The maximum absolute atomic E-state index is 13.9. The van der Waals surface area contributed by atoms with Crippen molar-refractivity contribution in [2.24, 2.45) is 4.99 Å². The molecule has 1 aliphatic heterocycles. The molecule has 0 bridgehead atoms. The zero-order valence-corrected chi connectivity index (χ0v) is 15.8. The van der Waals surface area contributed by atoms with Gasteiger partial charge in [0, 0.05) is 38.7 Å². The van der Waals surface area contributed by atoms with Gasteiger partial charge in [-0.2, -0.15) is 0 Å². The molecule has 1 fully saturated rings. The lowest BCUT2D eigenvalue weighted by Crippen LogP contribution is -2.57. The molecule has 0 aliphatic carbocycles. The van der Waals surface area contributed by atoms with Gasteiger partial charge in [0.1, 0.15) is 11.6 Å². The van der Waals surface area contributed by atoms with E-state index in [2.05, 4.69) is 10.3 Å². The molecule has 8 heteroatoms. The van der Waals surface area contributed by atoms with Gasteiger partial charge in [-0.1, -0.05) is 13.0 Å². The predicted molar refractivity (Wildman–Crippen MR) is 95.6 cm³/mol. The van der Waals surface area contributed by atoms with Crippen LogP contribution in [0.3, 0.4) is 0 Å². The highest BCUT2D eigenvalue weighted by atomic mass is 32.2. The van der Waals surface area contributed by atoms with Crippen molar-refractivity contribution in [2.75, 3.05) is 32.4 Å². The summed E-state index contributed by atoms with van der Waals surface area (Å²) in [4.78, 5) is 6.11. The third kappa shape index (κ3) is 4.29. The van der Waals surface area contributed by atoms with Crippen molar-refractivity contribution in [3.8, 4) is 0 Å². The van der Waals surface area contributed by atoms with Gasteiger partial charge in [0.25, 0.3) is 0 Å². The summed E-state index contributed by atoms with van der Waals surface area (Å²) in [6.45, 7) is 6.36. The fourth-order valence-corrected chi connectivity index (χ4v) is 4.28. The summed E-state index contributed by atoms with van der Waals surface area (Å²) in [6.07, 6.45) is 0. The van der Waals surface area contributed by atoms with Crippen LogP contribution in [-0.2, 0) is 9.84 Å². The van der Waals surface area contributed by atoms with Crippen molar-refractivity contribution in [3.63, 3.8) is 0 Å². The van der Waals surface area contributed by atoms with E-state index in [-0.39, 0.29) is 11.7 Å². The molecule has 1 saturated heterocycles. The van der Waals surface area contributed by atoms with Crippen LogP contribution in [0.15, 0.2) is 23.2 Å². The molecule has 1 aromatic rings. The number of halogens is 2. The van der Waals surface area contributed by atoms with Gasteiger partial charge < -0.3 is 10.2 Å². The van der Waals surface area contributed by atoms with Crippen LogP contribution < -0.4 is 5.32 Å². The highest BCUT2D eigenvalue weighted by molar-refractivity contribution is 7.92. The molecule has 0 saturated carbocycles. The Hall–Kier alpha value is -1.70. The van der Waals surface area contributed by atoms with Gasteiger partial charge in [-0.05, 0) is 25.5 Å². The molecule has 0 radical (unpaired) electrons. The van der Waals surface area contributed by atoms with Crippen LogP contribution in [0.25, 0.3) is 0 Å². The smallest absolute Gasteiger partial charge is 0.193 e. The third-order valence-electron chi connectivity index (χ3n) is 4.61. The molecule has 0 aromatic heterocycles. The van der Waals surface area contributed by atoms with Crippen LogP contribution in [0.5, 0.6) is 0 Å². The fourth-order valence-electron chi connectivity index (χ4n) is 2.91. The standard InChI is InChI=1S/C17H25F2N3O2S/c1-12(14-6-5-13(18)9-15(14)19)10-21-16(20-4)22-7-8-25(23,24)17(2,3)11-22/h5-6,9,12H,7-8,10-11H2,1-4H3,(H,20,21). The summed E-state index contributed by atoms with van der Waals surface area (Å²) >= 11 is 0. The van der Waals surface area contributed by atoms with Crippen LogP contribution in [0, 0.1) is 11.6 Å². The summed E-state index contributed by atoms with van der Waals surface area (Å²) in [7, 11) is -1.50. The van der Waals surface area contributed by atoms with Gasteiger partial charge in [0.2, 0.25) is 0 Å². The molecule has 140 valence electrons. The molecule has 1 aromatic carbocycles. The Morgan fingerprint density at radius 1 is 1.40 bits per heavy atom. The van der Waals surface area contributed by atoms with E-state index in [1.807, 2.05) is 11.8 Å². The topological polar surface area (TPSA) is 61.8 Å². The minimum Gasteiger partial charge on any atom is -0.356 e. The lowest BCUT2D eigenvalue weighted by atomic mass is 10.0. The normalized spacial score (nSPS) is 21.0. The van der Waals surface area contributed by atoms with Gasteiger partial charge in [-0.25, -0.2) is 17.2 Å². The van der Waals surface area contributed by atoms with E-state index in [0.717, 1.165) is 6.07 Å². The number of nitrogens with zero attached hydrogens (tertiary/aromatic N) is 2. The number of nitrogens with one attached hydrogen (secondary N) is 1. The van der Waals surface area contributed by atoms with Gasteiger partial charge in [0.05, 0.1) is 10.5 Å². The maximum Gasteiger partial charge on any atom is 0.193 e. The van der Waals surface area contributed by atoms with Gasteiger partial charge >= 0.3 is 0 Å². The molecule has 2 rings (SSSR count). The van der Waals surface area contributed by atoms with E-state index >= 15 is 0 Å². The molecule has 25 heavy (non-hydrogen) atoms. The van der Waals surface area contributed by atoms with E-state index in [9.17, 15) is 17.2 Å². The summed E-state index contributed by atoms with van der Waals surface area (Å²) in [5.41, 5.74) is 0.422. The SMILES string of the molecule is CN=C(NCC(C)c1ccc(F)cc1F)N1CCS(=O)(=O)C(C)(C)C1. The highest BCUT2D eigenvalue weighted by Gasteiger charge is 2.40. The minimum atomic E-state index is -3.13. The summed E-state index contributed by atoms with van der Waals surface area (Å²) in [6, 6.07) is 3.55. The van der Waals surface area contributed by atoms with Gasteiger partial charge in [-0.3, -0.25) is 4.99 Å². The van der Waals surface area contributed by atoms with E-state index in [1.165, 1.54) is 12.1 Å². The summed E-state index contributed by atoms with van der Waals surface area (Å²) < 4.78 is 50.3. The van der Waals surface area contributed by atoms with Crippen molar-refractivity contribution >= 4 is 15.8 Å². The first-order valence-corrected chi connectivity index (χ1v) is 9.85. The van der Waals surface area contributed by atoms with Crippen LogP contribution in [-0.4, -0.2) is 56.5 Å². The Labute approximate surface area is 148 Å². The van der Waals surface area contributed by atoms with Crippen molar-refractivity contribution in [1.82, 2.24) is 10.2 Å². The number of hydrogen-bond donors (Lipinski definition) is 1. The number of sulfone groups is 1. The molecule has 1 unspecified atom stereocenters. The number of aliphatic imine (C=N–C) groups is 1. The van der Waals surface area contributed by atoms with Crippen LogP contribution in [0.2, 0.25) is 0 Å². The monoisotopic (exact) mass is 373 g/mol. The molecule has 1 atom stereocenters. The molecular formula is C17H25F2N3O2S. The Morgan fingerprint density at radius 2 is 2.08 bits per heavy atom. The van der Waals surface area contributed by atoms with E-state index < -0.39 is 26.2 Å². The largest absolute Gasteiger partial charge is 0.356 e. The Kier molecular flexibility index (Phi) is 5.71.